The van der Waals surface area contributed by atoms with Gasteiger partial charge in [-0.25, -0.2) is 17.6 Å². The van der Waals surface area contributed by atoms with Crippen LogP contribution in [0.3, 0.4) is 0 Å². The van der Waals surface area contributed by atoms with Crippen molar-refractivity contribution in [1.29, 1.82) is 0 Å². The van der Waals surface area contributed by atoms with E-state index in [1.165, 1.54) is 19.1 Å². The van der Waals surface area contributed by atoms with Crippen molar-refractivity contribution in [3.63, 3.8) is 0 Å². The van der Waals surface area contributed by atoms with Gasteiger partial charge in [-0.2, -0.15) is 0 Å². The van der Waals surface area contributed by atoms with Gasteiger partial charge < -0.3 is 0 Å². The molecule has 0 aliphatic rings. The van der Waals surface area contributed by atoms with Gasteiger partial charge in [0.2, 0.25) is 0 Å². The fourth-order valence-electron chi connectivity index (χ4n) is 1.99. The molecule has 1 nitrogen and oxygen atoms in total. The largest absolute Gasteiger partial charge is 0.298 e. The topological polar surface area (TPSA) is 17.1 Å². The summed E-state index contributed by atoms with van der Waals surface area (Å²) >= 11 is 0. The molecule has 0 aliphatic heterocycles. The van der Waals surface area contributed by atoms with Crippen molar-refractivity contribution in [2.45, 2.75) is 13.3 Å². The lowest BCUT2D eigenvalue weighted by molar-refractivity contribution is 0.111. The highest BCUT2D eigenvalue weighted by Crippen LogP contribution is 2.20. The van der Waals surface area contributed by atoms with Crippen molar-refractivity contribution in [2.24, 2.45) is 0 Å². The second kappa shape index (κ2) is 5.45. The summed E-state index contributed by atoms with van der Waals surface area (Å²) in [7, 11) is 0. The molecule has 2 aromatic rings. The molecule has 0 unspecified atom stereocenters. The van der Waals surface area contributed by atoms with E-state index in [4.69, 9.17) is 0 Å². The maximum absolute atomic E-state index is 13.3. The van der Waals surface area contributed by atoms with E-state index >= 15 is 0 Å². The third-order valence-corrected chi connectivity index (χ3v) is 2.92. The standard InChI is InChI=1S/C15H10F4O/c1-8-2-9(5-12(16)14(8)18)3-10-4-11(7-20)15(19)13(17)6-10/h2,4-7H,3H2,1H3. The third-order valence-electron chi connectivity index (χ3n) is 2.92. The zero-order valence-electron chi connectivity index (χ0n) is 10.5. The monoisotopic (exact) mass is 282 g/mol. The molecule has 0 fully saturated rings. The Labute approximate surface area is 112 Å². The molecule has 0 aromatic heterocycles. The molecule has 0 atom stereocenters. The molecule has 0 heterocycles. The minimum atomic E-state index is -1.22. The van der Waals surface area contributed by atoms with Gasteiger partial charge >= 0.3 is 0 Å². The van der Waals surface area contributed by atoms with Crippen LogP contribution in [0.25, 0.3) is 0 Å². The Morgan fingerprint density at radius 3 is 2.00 bits per heavy atom. The first-order valence-corrected chi connectivity index (χ1v) is 5.80. The minimum absolute atomic E-state index is 0.0656. The van der Waals surface area contributed by atoms with Crippen molar-refractivity contribution >= 4 is 6.29 Å². The lowest BCUT2D eigenvalue weighted by Crippen LogP contribution is -1.99. The molecular weight excluding hydrogens is 272 g/mol. The number of carbonyl (C=O) groups excluding carboxylic acids is 1. The van der Waals surface area contributed by atoms with E-state index in [2.05, 4.69) is 0 Å². The first-order chi connectivity index (χ1) is 9.42. The SMILES string of the molecule is Cc1cc(Cc2cc(F)c(F)c(C=O)c2)cc(F)c1F. The summed E-state index contributed by atoms with van der Waals surface area (Å²) in [6, 6.07) is 4.52. The van der Waals surface area contributed by atoms with Crippen LogP contribution < -0.4 is 0 Å². The quantitative estimate of drug-likeness (QED) is 0.615. The summed E-state index contributed by atoms with van der Waals surface area (Å²) in [6.45, 7) is 1.41. The fraction of sp³-hybridized carbons (Fsp3) is 0.133. The van der Waals surface area contributed by atoms with Gasteiger partial charge in [0.25, 0.3) is 0 Å². The molecule has 0 saturated carbocycles. The van der Waals surface area contributed by atoms with Crippen LogP contribution in [0.4, 0.5) is 17.6 Å². The van der Waals surface area contributed by atoms with E-state index in [1.54, 1.807) is 0 Å². The number of hydrogen-bond donors (Lipinski definition) is 0. The Morgan fingerprint density at radius 1 is 0.900 bits per heavy atom. The van der Waals surface area contributed by atoms with Crippen molar-refractivity contribution in [3.05, 3.63) is 69.8 Å². The Bertz CT molecular complexity index is 657. The maximum Gasteiger partial charge on any atom is 0.169 e. The Hall–Kier alpha value is -2.17. The highest BCUT2D eigenvalue weighted by Gasteiger charge is 2.12. The summed E-state index contributed by atoms with van der Waals surface area (Å²) in [6.07, 6.45) is 0.272. The second-order valence-corrected chi connectivity index (χ2v) is 4.48. The number of carbonyl (C=O) groups is 1. The molecule has 104 valence electrons. The van der Waals surface area contributed by atoms with Crippen LogP contribution in [0.5, 0.6) is 0 Å². The van der Waals surface area contributed by atoms with Gasteiger partial charge in [-0.1, -0.05) is 6.07 Å². The molecule has 0 amide bonds. The first kappa shape index (κ1) is 14.2. The van der Waals surface area contributed by atoms with Crippen molar-refractivity contribution in [1.82, 2.24) is 0 Å². The zero-order valence-corrected chi connectivity index (χ0v) is 10.5. The van der Waals surface area contributed by atoms with Gasteiger partial charge in [0, 0.05) is 0 Å². The van der Waals surface area contributed by atoms with E-state index in [0.29, 0.717) is 11.1 Å². The van der Waals surface area contributed by atoms with Crippen molar-refractivity contribution < 1.29 is 22.4 Å². The summed E-state index contributed by atoms with van der Waals surface area (Å²) in [4.78, 5) is 10.6. The summed E-state index contributed by atoms with van der Waals surface area (Å²) in [5.41, 5.74) is 0.429. The molecule has 0 saturated heterocycles. The number of halogens is 4. The minimum Gasteiger partial charge on any atom is -0.298 e. The van der Waals surface area contributed by atoms with Gasteiger partial charge in [-0.3, -0.25) is 4.79 Å². The number of aryl methyl sites for hydroxylation is 1. The summed E-state index contributed by atoms with van der Waals surface area (Å²) < 4.78 is 52.9. The van der Waals surface area contributed by atoms with Crippen LogP contribution >= 0.6 is 0 Å². The van der Waals surface area contributed by atoms with E-state index in [1.807, 2.05) is 0 Å². The van der Waals surface area contributed by atoms with E-state index in [-0.39, 0.29) is 18.3 Å². The predicted molar refractivity (Wildman–Crippen MR) is 65.6 cm³/mol. The number of benzene rings is 2. The van der Waals surface area contributed by atoms with Crippen molar-refractivity contribution in [3.8, 4) is 0 Å². The lowest BCUT2D eigenvalue weighted by atomic mass is 10.0. The van der Waals surface area contributed by atoms with E-state index in [9.17, 15) is 22.4 Å². The molecule has 0 radical (unpaired) electrons. The van der Waals surface area contributed by atoms with E-state index in [0.717, 1.165) is 12.1 Å². The first-order valence-electron chi connectivity index (χ1n) is 5.80. The third kappa shape index (κ3) is 2.71. The van der Waals surface area contributed by atoms with Gasteiger partial charge in [0.05, 0.1) is 5.56 Å². The molecular formula is C15H10F4O. The van der Waals surface area contributed by atoms with Crippen LogP contribution in [-0.4, -0.2) is 6.29 Å². The second-order valence-electron chi connectivity index (χ2n) is 4.48. The Morgan fingerprint density at radius 2 is 1.45 bits per heavy atom. The summed E-state index contributed by atoms with van der Waals surface area (Å²) in [5, 5.41) is 0. The number of rotatable bonds is 3. The van der Waals surface area contributed by atoms with E-state index < -0.39 is 28.8 Å². The molecule has 0 bridgehead atoms. The molecule has 20 heavy (non-hydrogen) atoms. The molecule has 0 spiro atoms. The molecule has 2 rings (SSSR count). The fourth-order valence-corrected chi connectivity index (χ4v) is 1.99. The highest BCUT2D eigenvalue weighted by molar-refractivity contribution is 5.75. The van der Waals surface area contributed by atoms with Crippen LogP contribution in [-0.2, 0) is 6.42 Å². The zero-order chi connectivity index (χ0) is 14.9. The average molecular weight is 282 g/mol. The smallest absolute Gasteiger partial charge is 0.169 e. The van der Waals surface area contributed by atoms with Crippen LogP contribution in [0.1, 0.15) is 27.0 Å². The van der Waals surface area contributed by atoms with Gasteiger partial charge in [0.1, 0.15) is 0 Å². The maximum atomic E-state index is 13.3. The van der Waals surface area contributed by atoms with Gasteiger partial charge in [0.15, 0.2) is 29.6 Å². The molecule has 5 heteroatoms. The molecule has 0 aliphatic carbocycles. The Kier molecular flexibility index (Phi) is 3.88. The predicted octanol–water partition coefficient (Wildman–Crippen LogP) is 3.95. The normalized spacial score (nSPS) is 10.7. The number of hydrogen-bond acceptors (Lipinski definition) is 1. The average Bonchev–Trinajstić information content (AvgIpc) is 2.39. The van der Waals surface area contributed by atoms with Crippen LogP contribution in [0, 0.1) is 30.2 Å². The van der Waals surface area contributed by atoms with Crippen LogP contribution in [0.15, 0.2) is 24.3 Å². The van der Waals surface area contributed by atoms with Gasteiger partial charge in [-0.05, 0) is 48.2 Å². The van der Waals surface area contributed by atoms with Crippen molar-refractivity contribution in [2.75, 3.05) is 0 Å². The lowest BCUT2D eigenvalue weighted by Gasteiger charge is -2.07. The molecule has 0 N–H and O–H groups in total. The summed E-state index contributed by atoms with van der Waals surface area (Å²) in [5.74, 6) is -4.31. The Balaban J connectivity index is 2.40. The van der Waals surface area contributed by atoms with Crippen LogP contribution in [0.2, 0.25) is 0 Å². The highest BCUT2D eigenvalue weighted by atomic mass is 19.2. The van der Waals surface area contributed by atoms with Gasteiger partial charge in [-0.15, -0.1) is 0 Å². The number of aldehydes is 1. The molecule has 2 aromatic carbocycles.